The van der Waals surface area contributed by atoms with Crippen LogP contribution in [0.5, 0.6) is 0 Å². The quantitative estimate of drug-likeness (QED) is 0.545. The van der Waals surface area contributed by atoms with Gasteiger partial charge in [-0.3, -0.25) is 19.1 Å². The average Bonchev–Trinajstić information content (AvgIpc) is 3.51. The van der Waals surface area contributed by atoms with Gasteiger partial charge >= 0.3 is 23.3 Å². The Labute approximate surface area is 201 Å². The molecule has 2 aromatic heterocycles. The van der Waals surface area contributed by atoms with Gasteiger partial charge in [0.1, 0.15) is 5.82 Å². The van der Waals surface area contributed by atoms with Crippen LogP contribution >= 0.6 is 11.3 Å². The summed E-state index contributed by atoms with van der Waals surface area (Å²) in [6.07, 6.45) is -5.08. The number of aliphatic carboxylic acids is 1. The Balaban J connectivity index is 0.000000364. The van der Waals surface area contributed by atoms with Crippen molar-refractivity contribution in [1.82, 2.24) is 19.2 Å². The number of carboxylic acids is 1. The maximum atomic E-state index is 12.7. The zero-order chi connectivity index (χ0) is 25.3. The van der Waals surface area contributed by atoms with Crippen molar-refractivity contribution in [3.63, 3.8) is 0 Å². The predicted molar refractivity (Wildman–Crippen MR) is 123 cm³/mol. The highest BCUT2D eigenvalue weighted by atomic mass is 32.1. The van der Waals surface area contributed by atoms with E-state index in [9.17, 15) is 22.8 Å². The second-order valence-electron chi connectivity index (χ2n) is 8.67. The average molecular weight is 509 g/mol. The molecule has 1 aromatic carbocycles. The number of aryl methyl sites for hydroxylation is 1. The van der Waals surface area contributed by atoms with Crippen molar-refractivity contribution in [2.45, 2.75) is 38.7 Å². The number of likely N-dealkylation sites (tertiary alicyclic amines) is 1. The molecule has 1 fully saturated rings. The van der Waals surface area contributed by atoms with Crippen LogP contribution in [0, 0.1) is 12.8 Å². The number of thiophene rings is 1. The summed E-state index contributed by atoms with van der Waals surface area (Å²) >= 11 is 1.77. The number of nitrogens with zero attached hydrogens (tertiary/aromatic N) is 4. The van der Waals surface area contributed by atoms with Gasteiger partial charge in [-0.15, -0.1) is 11.3 Å². The number of hydrogen-bond donors (Lipinski definition) is 1. The summed E-state index contributed by atoms with van der Waals surface area (Å²) in [5.41, 5.74) is 1.18. The Morgan fingerprint density at radius 3 is 2.37 bits per heavy atom. The summed E-state index contributed by atoms with van der Waals surface area (Å²) in [5, 5.41) is 13.9. The van der Waals surface area contributed by atoms with Gasteiger partial charge in [-0.1, -0.05) is 35.9 Å². The van der Waals surface area contributed by atoms with E-state index in [0.717, 1.165) is 36.6 Å². The highest BCUT2D eigenvalue weighted by molar-refractivity contribution is 7.09. The van der Waals surface area contributed by atoms with Gasteiger partial charge in [0, 0.05) is 42.9 Å². The first-order valence-corrected chi connectivity index (χ1v) is 11.7. The molecule has 0 aliphatic carbocycles. The smallest absolute Gasteiger partial charge is 0.475 e. The summed E-state index contributed by atoms with van der Waals surface area (Å²) in [7, 11) is 0. The summed E-state index contributed by atoms with van der Waals surface area (Å²) in [5.74, 6) is -1.41. The van der Waals surface area contributed by atoms with Gasteiger partial charge in [0.05, 0.1) is 6.54 Å². The van der Waals surface area contributed by atoms with Gasteiger partial charge in [-0.25, -0.2) is 9.48 Å². The topological polar surface area (TPSA) is 97.4 Å². The first-order valence-electron chi connectivity index (χ1n) is 10.8. The second kappa shape index (κ2) is 9.78. The lowest BCUT2D eigenvalue weighted by Gasteiger charge is -2.17. The van der Waals surface area contributed by atoms with Crippen LogP contribution in [-0.2, 0) is 24.4 Å². The molecule has 0 saturated carbocycles. The molecule has 2 atom stereocenters. The molecule has 1 saturated heterocycles. The maximum Gasteiger partial charge on any atom is 0.490 e. The van der Waals surface area contributed by atoms with Crippen molar-refractivity contribution in [1.29, 1.82) is 0 Å². The summed E-state index contributed by atoms with van der Waals surface area (Å²) in [6, 6.07) is 12.2. The Hall–Kier alpha value is -3.25. The third-order valence-corrected chi connectivity index (χ3v) is 6.94. The molecule has 0 bridgehead atoms. The van der Waals surface area contributed by atoms with Crippen molar-refractivity contribution in [3.8, 4) is 0 Å². The van der Waals surface area contributed by atoms with Crippen LogP contribution in [0.15, 0.2) is 51.4 Å². The second-order valence-corrected chi connectivity index (χ2v) is 9.70. The van der Waals surface area contributed by atoms with E-state index >= 15 is 0 Å². The first-order chi connectivity index (χ1) is 16.5. The van der Waals surface area contributed by atoms with E-state index in [1.54, 1.807) is 15.9 Å². The van der Waals surface area contributed by atoms with Crippen LogP contribution < -0.4 is 11.1 Å². The van der Waals surface area contributed by atoms with Crippen LogP contribution in [-0.4, -0.2) is 49.6 Å². The maximum absolute atomic E-state index is 12.7. The molecular weight excluding hydrogens is 485 g/mol. The van der Waals surface area contributed by atoms with Crippen molar-refractivity contribution in [2.75, 3.05) is 13.1 Å². The van der Waals surface area contributed by atoms with E-state index < -0.39 is 23.3 Å². The highest BCUT2D eigenvalue weighted by Crippen LogP contribution is 2.37. The van der Waals surface area contributed by atoms with E-state index in [2.05, 4.69) is 27.5 Å². The Morgan fingerprint density at radius 1 is 1.09 bits per heavy atom. The molecule has 5 rings (SSSR count). The fraction of sp³-hybridized carbons (Fsp3) is 0.391. The van der Waals surface area contributed by atoms with E-state index in [1.807, 2.05) is 31.2 Å². The predicted octanol–water partition coefficient (Wildman–Crippen LogP) is 2.69. The van der Waals surface area contributed by atoms with Crippen molar-refractivity contribution in [3.05, 3.63) is 84.3 Å². The number of aromatic nitrogens is 3. The molecule has 2 unspecified atom stereocenters. The van der Waals surface area contributed by atoms with E-state index in [1.165, 1.54) is 9.56 Å². The van der Waals surface area contributed by atoms with Gasteiger partial charge in [-0.05, 0) is 23.9 Å². The van der Waals surface area contributed by atoms with Gasteiger partial charge in [0.25, 0.3) is 0 Å². The van der Waals surface area contributed by atoms with Crippen molar-refractivity contribution >= 4 is 17.3 Å². The summed E-state index contributed by atoms with van der Waals surface area (Å²) in [6.45, 7) is 5.73. The number of carboxylic acid groups (broad SMARTS) is 1. The van der Waals surface area contributed by atoms with Crippen LogP contribution in [0.25, 0.3) is 0 Å². The number of benzene rings is 1. The molecule has 8 nitrogen and oxygen atoms in total. The van der Waals surface area contributed by atoms with Gasteiger partial charge in [0.2, 0.25) is 0 Å². The van der Waals surface area contributed by atoms with E-state index in [-0.39, 0.29) is 5.92 Å². The summed E-state index contributed by atoms with van der Waals surface area (Å²) < 4.78 is 34.7. The minimum Gasteiger partial charge on any atom is -0.475 e. The molecule has 35 heavy (non-hydrogen) atoms. The van der Waals surface area contributed by atoms with E-state index in [4.69, 9.17) is 9.90 Å². The van der Waals surface area contributed by atoms with Crippen molar-refractivity contribution < 1.29 is 23.1 Å². The Kier molecular flexibility index (Phi) is 6.95. The standard InChI is InChI=1S/C21H22N4O2S.C2HF3O2/c1-14-4-6-15(7-5-14)9-25-21(27)20(26)24-11-16-10-23(12-17-3-2-8-28-17)13-18(16)19(24)22-25;3-2(4,5)1(6)7/h2-8,16,18H,9-13H2,1H3;(H,6,7). The minimum atomic E-state index is -5.08. The molecule has 0 radical (unpaired) electrons. The zero-order valence-electron chi connectivity index (χ0n) is 18.7. The normalized spacial score (nSPS) is 19.1. The third kappa shape index (κ3) is 5.54. The number of rotatable bonds is 4. The third-order valence-electron chi connectivity index (χ3n) is 6.08. The number of halogens is 3. The number of fused-ring (bicyclic) bond motifs is 3. The lowest BCUT2D eigenvalue weighted by atomic mass is 10.00. The Morgan fingerprint density at radius 2 is 1.77 bits per heavy atom. The molecule has 1 N–H and O–H groups in total. The fourth-order valence-corrected chi connectivity index (χ4v) is 5.15. The van der Waals surface area contributed by atoms with Gasteiger partial charge < -0.3 is 5.11 Å². The lowest BCUT2D eigenvalue weighted by molar-refractivity contribution is -0.192. The molecule has 3 aromatic rings. The summed E-state index contributed by atoms with van der Waals surface area (Å²) in [4.78, 5) is 37.9. The number of carbonyl (C=O) groups is 1. The van der Waals surface area contributed by atoms with Crippen LogP contribution in [0.2, 0.25) is 0 Å². The zero-order valence-corrected chi connectivity index (χ0v) is 19.6. The first kappa shape index (κ1) is 24.9. The Bertz CT molecular complexity index is 1320. The molecule has 186 valence electrons. The monoisotopic (exact) mass is 508 g/mol. The number of hydrogen-bond acceptors (Lipinski definition) is 6. The van der Waals surface area contributed by atoms with Gasteiger partial charge in [0.15, 0.2) is 0 Å². The molecular formula is C23H23F3N4O4S. The fourth-order valence-electron chi connectivity index (χ4n) is 4.40. The van der Waals surface area contributed by atoms with Crippen molar-refractivity contribution in [2.24, 2.45) is 5.92 Å². The van der Waals surface area contributed by atoms with Crippen LogP contribution in [0.4, 0.5) is 13.2 Å². The molecule has 0 spiro atoms. The highest BCUT2D eigenvalue weighted by Gasteiger charge is 2.42. The van der Waals surface area contributed by atoms with Gasteiger partial charge in [-0.2, -0.15) is 18.3 Å². The molecule has 0 amide bonds. The minimum absolute atomic E-state index is 0.220. The van der Waals surface area contributed by atoms with Crippen LogP contribution in [0.1, 0.15) is 27.7 Å². The van der Waals surface area contributed by atoms with E-state index in [0.29, 0.717) is 19.0 Å². The van der Waals surface area contributed by atoms with Crippen LogP contribution in [0.3, 0.4) is 0 Å². The lowest BCUT2D eigenvalue weighted by Crippen LogP contribution is -2.44. The molecule has 2 aliphatic rings. The SMILES string of the molecule is Cc1ccc(Cn2nc3n(c(=O)c2=O)CC2CN(Cc4cccs4)CC32)cc1.O=C(O)C(F)(F)F. The largest absolute Gasteiger partial charge is 0.490 e. The number of alkyl halides is 3. The molecule has 12 heteroatoms. The molecule has 2 aliphatic heterocycles. The molecule has 4 heterocycles.